The van der Waals surface area contributed by atoms with Crippen LogP contribution in [0.3, 0.4) is 0 Å². The second-order valence-electron chi connectivity index (χ2n) is 4.15. The molecule has 0 atom stereocenters. The summed E-state index contributed by atoms with van der Waals surface area (Å²) in [5, 5.41) is 8.62. The van der Waals surface area contributed by atoms with E-state index in [9.17, 15) is 9.59 Å². The van der Waals surface area contributed by atoms with Crippen LogP contribution in [0.4, 0.5) is 0 Å². The molecule has 0 aromatic rings. The monoisotopic (exact) mass is 213 g/mol. The predicted molar refractivity (Wildman–Crippen MR) is 56.5 cm³/mol. The largest absolute Gasteiger partial charge is 0.474 e. The van der Waals surface area contributed by atoms with Crippen LogP contribution in [-0.4, -0.2) is 35.0 Å². The molecule has 1 saturated carbocycles. The second kappa shape index (κ2) is 5.73. The fraction of sp³-hybridized carbons (Fsp3) is 0.818. The molecule has 0 radical (unpaired) electrons. The number of carbonyl (C=O) groups excluding carboxylic acids is 1. The zero-order valence-electron chi connectivity index (χ0n) is 9.24. The molecule has 4 heteroatoms. The average molecular weight is 213 g/mol. The van der Waals surface area contributed by atoms with Crippen LogP contribution in [0, 0.1) is 5.92 Å². The summed E-state index contributed by atoms with van der Waals surface area (Å²) in [6.07, 6.45) is 5.95. The van der Waals surface area contributed by atoms with Crippen LogP contribution in [-0.2, 0) is 9.59 Å². The van der Waals surface area contributed by atoms with Crippen molar-refractivity contribution in [1.82, 2.24) is 4.90 Å². The quantitative estimate of drug-likeness (QED) is 0.723. The summed E-state index contributed by atoms with van der Waals surface area (Å²) in [5.74, 6) is -1.60. The van der Waals surface area contributed by atoms with Gasteiger partial charge in [-0.1, -0.05) is 19.3 Å². The minimum Gasteiger partial charge on any atom is -0.474 e. The molecule has 86 valence electrons. The first-order chi connectivity index (χ1) is 7.15. The number of carboxylic acid groups (broad SMARTS) is 1. The minimum atomic E-state index is -1.34. The van der Waals surface area contributed by atoms with Gasteiger partial charge in [0.05, 0.1) is 0 Å². The number of nitrogens with zero attached hydrogens (tertiary/aromatic N) is 1. The molecule has 1 aliphatic rings. The minimum absolute atomic E-state index is 0.488. The Bertz CT molecular complexity index is 234. The molecule has 0 aliphatic heterocycles. The Morgan fingerprint density at radius 1 is 1.27 bits per heavy atom. The van der Waals surface area contributed by atoms with Crippen LogP contribution in [0.15, 0.2) is 0 Å². The summed E-state index contributed by atoms with van der Waals surface area (Å²) in [5.41, 5.74) is 0. The molecule has 0 spiro atoms. The summed E-state index contributed by atoms with van der Waals surface area (Å²) in [6.45, 7) is 2.92. The zero-order chi connectivity index (χ0) is 11.3. The third-order valence-corrected chi connectivity index (χ3v) is 3.06. The highest BCUT2D eigenvalue weighted by Gasteiger charge is 2.23. The second-order valence-corrected chi connectivity index (χ2v) is 4.15. The maximum absolute atomic E-state index is 11.3. The number of carboxylic acids is 1. The molecule has 0 unspecified atom stereocenters. The van der Waals surface area contributed by atoms with Gasteiger partial charge in [-0.25, -0.2) is 4.79 Å². The van der Waals surface area contributed by atoms with E-state index in [2.05, 4.69) is 0 Å². The topological polar surface area (TPSA) is 57.6 Å². The lowest BCUT2D eigenvalue weighted by Gasteiger charge is -2.27. The van der Waals surface area contributed by atoms with E-state index in [0.717, 1.165) is 12.8 Å². The standard InChI is InChI=1S/C11H19NO3/c1-2-12(10(13)11(14)15)8-9-6-4-3-5-7-9/h9H,2-8H2,1H3,(H,14,15). The fourth-order valence-electron chi connectivity index (χ4n) is 2.17. The number of rotatable bonds is 3. The number of amides is 1. The van der Waals surface area contributed by atoms with Crippen molar-refractivity contribution in [1.29, 1.82) is 0 Å². The Morgan fingerprint density at radius 2 is 1.87 bits per heavy atom. The van der Waals surface area contributed by atoms with E-state index in [-0.39, 0.29) is 0 Å². The molecular weight excluding hydrogens is 194 g/mol. The summed E-state index contributed by atoms with van der Waals surface area (Å²) < 4.78 is 0. The molecule has 1 fully saturated rings. The van der Waals surface area contributed by atoms with Crippen molar-refractivity contribution in [3.63, 3.8) is 0 Å². The molecule has 0 saturated heterocycles. The molecule has 1 amide bonds. The van der Waals surface area contributed by atoms with Gasteiger partial charge in [0.25, 0.3) is 0 Å². The maximum Gasteiger partial charge on any atom is 0.394 e. The molecule has 15 heavy (non-hydrogen) atoms. The van der Waals surface area contributed by atoms with E-state index in [1.54, 1.807) is 0 Å². The highest BCUT2D eigenvalue weighted by Crippen LogP contribution is 2.24. The van der Waals surface area contributed by atoms with E-state index >= 15 is 0 Å². The molecule has 1 rings (SSSR count). The molecular formula is C11H19NO3. The summed E-state index contributed by atoms with van der Waals surface area (Å²) in [6, 6.07) is 0. The van der Waals surface area contributed by atoms with Gasteiger partial charge in [0.2, 0.25) is 0 Å². The van der Waals surface area contributed by atoms with Gasteiger partial charge < -0.3 is 10.0 Å². The molecule has 4 nitrogen and oxygen atoms in total. The SMILES string of the molecule is CCN(CC1CCCCC1)C(=O)C(=O)O. The Kier molecular flexibility index (Phi) is 4.59. The Hall–Kier alpha value is -1.06. The first-order valence-corrected chi connectivity index (χ1v) is 5.67. The smallest absolute Gasteiger partial charge is 0.394 e. The number of hydrogen-bond donors (Lipinski definition) is 1. The molecule has 0 bridgehead atoms. The van der Waals surface area contributed by atoms with Crippen LogP contribution in [0.1, 0.15) is 39.0 Å². The van der Waals surface area contributed by atoms with E-state index in [4.69, 9.17) is 5.11 Å². The van der Waals surface area contributed by atoms with Gasteiger partial charge in [-0.05, 0) is 25.7 Å². The first-order valence-electron chi connectivity index (χ1n) is 5.67. The van der Waals surface area contributed by atoms with Gasteiger partial charge in [-0.15, -0.1) is 0 Å². The predicted octanol–water partition coefficient (Wildman–Crippen LogP) is 1.50. The van der Waals surface area contributed by atoms with Crippen molar-refractivity contribution < 1.29 is 14.7 Å². The van der Waals surface area contributed by atoms with Gasteiger partial charge in [-0.2, -0.15) is 0 Å². The van der Waals surface area contributed by atoms with Gasteiger partial charge >= 0.3 is 11.9 Å². The molecule has 1 N–H and O–H groups in total. The van der Waals surface area contributed by atoms with Gasteiger partial charge in [-0.3, -0.25) is 4.79 Å². The lowest BCUT2D eigenvalue weighted by atomic mass is 9.89. The lowest BCUT2D eigenvalue weighted by molar-refractivity contribution is -0.156. The number of likely N-dealkylation sites (N-methyl/N-ethyl adjacent to an activating group) is 1. The fourth-order valence-corrected chi connectivity index (χ4v) is 2.17. The first kappa shape index (κ1) is 12.0. The third-order valence-electron chi connectivity index (χ3n) is 3.06. The van der Waals surface area contributed by atoms with Crippen LogP contribution in [0.5, 0.6) is 0 Å². The Balaban J connectivity index is 2.44. The lowest BCUT2D eigenvalue weighted by Crippen LogP contribution is -2.39. The van der Waals surface area contributed by atoms with E-state index in [0.29, 0.717) is 19.0 Å². The molecule has 0 aromatic carbocycles. The van der Waals surface area contributed by atoms with Crippen LogP contribution in [0.25, 0.3) is 0 Å². The normalized spacial score (nSPS) is 17.4. The molecule has 1 aliphatic carbocycles. The average Bonchev–Trinajstić information content (AvgIpc) is 2.26. The zero-order valence-corrected chi connectivity index (χ0v) is 9.24. The molecule has 0 aromatic heterocycles. The highest BCUT2D eigenvalue weighted by atomic mass is 16.4. The number of carbonyl (C=O) groups is 2. The van der Waals surface area contributed by atoms with Crippen LogP contribution < -0.4 is 0 Å². The number of aliphatic carboxylic acids is 1. The summed E-state index contributed by atoms with van der Waals surface area (Å²) >= 11 is 0. The molecule has 0 heterocycles. The summed E-state index contributed by atoms with van der Waals surface area (Å²) in [7, 11) is 0. The van der Waals surface area contributed by atoms with E-state index < -0.39 is 11.9 Å². The number of hydrogen-bond acceptors (Lipinski definition) is 2. The van der Waals surface area contributed by atoms with Crippen LogP contribution >= 0.6 is 0 Å². The van der Waals surface area contributed by atoms with Gasteiger partial charge in [0.1, 0.15) is 0 Å². The van der Waals surface area contributed by atoms with Gasteiger partial charge in [0, 0.05) is 13.1 Å². The Morgan fingerprint density at radius 3 is 2.33 bits per heavy atom. The van der Waals surface area contributed by atoms with Crippen molar-refractivity contribution in [2.45, 2.75) is 39.0 Å². The van der Waals surface area contributed by atoms with Crippen molar-refractivity contribution in [3.05, 3.63) is 0 Å². The highest BCUT2D eigenvalue weighted by molar-refractivity contribution is 6.31. The van der Waals surface area contributed by atoms with Crippen molar-refractivity contribution >= 4 is 11.9 Å². The van der Waals surface area contributed by atoms with Crippen molar-refractivity contribution in [2.75, 3.05) is 13.1 Å². The Labute approximate surface area is 90.3 Å². The third kappa shape index (κ3) is 3.53. The van der Waals surface area contributed by atoms with Crippen molar-refractivity contribution in [2.24, 2.45) is 5.92 Å². The van der Waals surface area contributed by atoms with Crippen molar-refractivity contribution in [3.8, 4) is 0 Å². The maximum atomic E-state index is 11.3. The van der Waals surface area contributed by atoms with Gasteiger partial charge in [0.15, 0.2) is 0 Å². The van der Waals surface area contributed by atoms with Crippen LogP contribution in [0.2, 0.25) is 0 Å². The van der Waals surface area contributed by atoms with E-state index in [1.807, 2.05) is 6.92 Å². The van der Waals surface area contributed by atoms with E-state index in [1.165, 1.54) is 24.2 Å². The summed E-state index contributed by atoms with van der Waals surface area (Å²) in [4.78, 5) is 23.3.